The van der Waals surface area contributed by atoms with Gasteiger partial charge in [-0.2, -0.15) is 0 Å². The number of hydrogen-bond donors (Lipinski definition) is 2. The minimum atomic E-state index is -0.965. The summed E-state index contributed by atoms with van der Waals surface area (Å²) in [5, 5.41) is 9.30. The molecule has 1 heterocycles. The predicted molar refractivity (Wildman–Crippen MR) is 65.4 cm³/mol. The molecule has 82 valence electrons. The molecule has 0 aliphatic carbocycles. The average Bonchev–Trinajstić information content (AvgIpc) is 2.73. The normalized spacial score (nSPS) is 11.3. The molecule has 5 heteroatoms. The average molecular weight is 281 g/mol. The van der Waals surface area contributed by atoms with Crippen LogP contribution < -0.4 is 0 Å². The topological polar surface area (TPSA) is 66.0 Å². The Morgan fingerprint density at radius 3 is 3.06 bits per heavy atom. The van der Waals surface area contributed by atoms with Gasteiger partial charge in [-0.3, -0.25) is 0 Å². The largest absolute Gasteiger partial charge is 0.478 e. The highest BCUT2D eigenvalue weighted by atomic mass is 79.9. The smallest absolute Gasteiger partial charge is 0.328 e. The summed E-state index contributed by atoms with van der Waals surface area (Å²) in [5.41, 5.74) is 3.53. The van der Waals surface area contributed by atoms with E-state index >= 15 is 0 Å². The molecular formula is C11H9BrN2O2. The van der Waals surface area contributed by atoms with E-state index in [1.807, 2.05) is 12.1 Å². The first kappa shape index (κ1) is 10.9. The van der Waals surface area contributed by atoms with Crippen LogP contribution in [0.5, 0.6) is 0 Å². The predicted octanol–water partition coefficient (Wildman–Crippen LogP) is 2.56. The lowest BCUT2D eigenvalue weighted by molar-refractivity contribution is -0.131. The second-order valence-electron chi connectivity index (χ2n) is 3.24. The van der Waals surface area contributed by atoms with Gasteiger partial charge in [-0.25, -0.2) is 9.78 Å². The summed E-state index contributed by atoms with van der Waals surface area (Å²) in [4.78, 5) is 17.7. The minimum absolute atomic E-state index is 0.662. The van der Waals surface area contributed by atoms with Gasteiger partial charge in [0.15, 0.2) is 0 Å². The molecule has 0 aliphatic heterocycles. The molecule has 0 radical (unpaired) electrons. The summed E-state index contributed by atoms with van der Waals surface area (Å²) < 4.78 is 0. The van der Waals surface area contributed by atoms with Crippen LogP contribution in [-0.2, 0) is 10.1 Å². The molecule has 2 rings (SSSR count). The van der Waals surface area contributed by atoms with Gasteiger partial charge in [0.05, 0.1) is 17.4 Å². The Morgan fingerprint density at radius 1 is 1.56 bits per heavy atom. The number of imidazole rings is 1. The van der Waals surface area contributed by atoms with E-state index in [2.05, 4.69) is 25.9 Å². The number of benzene rings is 1. The molecule has 0 aliphatic rings. The van der Waals surface area contributed by atoms with Crippen LogP contribution in [0.25, 0.3) is 17.1 Å². The van der Waals surface area contributed by atoms with Crippen LogP contribution in [0, 0.1) is 0 Å². The van der Waals surface area contributed by atoms with E-state index in [0.29, 0.717) is 5.33 Å². The first-order valence-corrected chi connectivity index (χ1v) is 5.76. The van der Waals surface area contributed by atoms with Gasteiger partial charge in [-0.15, -0.1) is 0 Å². The van der Waals surface area contributed by atoms with E-state index in [0.717, 1.165) is 28.2 Å². The maximum atomic E-state index is 10.5. The van der Waals surface area contributed by atoms with Crippen molar-refractivity contribution in [3.63, 3.8) is 0 Å². The van der Waals surface area contributed by atoms with E-state index < -0.39 is 5.97 Å². The Balaban J connectivity index is 2.61. The molecule has 0 amide bonds. The number of nitrogens with zero attached hydrogens (tertiary/aromatic N) is 1. The van der Waals surface area contributed by atoms with Gasteiger partial charge in [-0.05, 0) is 17.7 Å². The van der Waals surface area contributed by atoms with Crippen molar-refractivity contribution in [3.8, 4) is 0 Å². The molecule has 0 spiro atoms. The number of halogens is 1. The number of hydrogen-bond acceptors (Lipinski definition) is 2. The van der Waals surface area contributed by atoms with Crippen molar-refractivity contribution in [2.75, 3.05) is 0 Å². The van der Waals surface area contributed by atoms with Gasteiger partial charge < -0.3 is 10.1 Å². The zero-order valence-corrected chi connectivity index (χ0v) is 9.86. The molecule has 0 saturated heterocycles. The highest BCUT2D eigenvalue weighted by molar-refractivity contribution is 9.08. The first-order valence-electron chi connectivity index (χ1n) is 4.64. The monoisotopic (exact) mass is 280 g/mol. The molecule has 0 saturated carbocycles. The number of aromatic amines is 1. The summed E-state index contributed by atoms with van der Waals surface area (Å²) in [7, 11) is 0. The molecule has 0 atom stereocenters. The van der Waals surface area contributed by atoms with Crippen molar-refractivity contribution in [1.82, 2.24) is 9.97 Å². The number of fused-ring (bicyclic) bond motifs is 1. The van der Waals surface area contributed by atoms with Crippen molar-refractivity contribution >= 4 is 39.0 Å². The number of rotatable bonds is 3. The fourth-order valence-corrected chi connectivity index (χ4v) is 2.02. The lowest BCUT2D eigenvalue weighted by Gasteiger charge is -2.02. The van der Waals surface area contributed by atoms with Crippen LogP contribution in [0.15, 0.2) is 24.5 Å². The van der Waals surface area contributed by atoms with Crippen LogP contribution in [0.4, 0.5) is 0 Å². The summed E-state index contributed by atoms with van der Waals surface area (Å²) in [6.07, 6.45) is 4.29. The maximum absolute atomic E-state index is 10.5. The number of aliphatic carboxylic acids is 1. The van der Waals surface area contributed by atoms with Crippen LogP contribution in [0.3, 0.4) is 0 Å². The summed E-state index contributed by atoms with van der Waals surface area (Å²) >= 11 is 3.37. The van der Waals surface area contributed by atoms with Crippen LogP contribution in [-0.4, -0.2) is 21.0 Å². The second-order valence-corrected chi connectivity index (χ2v) is 3.80. The fraction of sp³-hybridized carbons (Fsp3) is 0.0909. The third-order valence-electron chi connectivity index (χ3n) is 2.26. The van der Waals surface area contributed by atoms with Crippen LogP contribution in [0.1, 0.15) is 11.1 Å². The quantitative estimate of drug-likeness (QED) is 0.671. The molecule has 0 bridgehead atoms. The summed E-state index contributed by atoms with van der Waals surface area (Å²) in [6.45, 7) is 0. The maximum Gasteiger partial charge on any atom is 0.328 e. The number of carboxylic acid groups (broad SMARTS) is 1. The number of carboxylic acids is 1. The Labute approximate surface area is 100 Å². The third kappa shape index (κ3) is 1.99. The standard InChI is InChI=1S/C11H9BrN2O2/c12-5-7-1-3-9-11(14-6-13-9)8(7)2-4-10(15)16/h1-4,6H,5H2,(H,13,14)(H,15,16)/b4-2+. The minimum Gasteiger partial charge on any atom is -0.478 e. The van der Waals surface area contributed by atoms with E-state index in [9.17, 15) is 4.79 Å². The Hall–Kier alpha value is -1.62. The lowest BCUT2D eigenvalue weighted by Crippen LogP contribution is -1.90. The Kier molecular flexibility index (Phi) is 3.05. The highest BCUT2D eigenvalue weighted by Gasteiger charge is 2.06. The van der Waals surface area contributed by atoms with Crippen LogP contribution >= 0.6 is 15.9 Å². The van der Waals surface area contributed by atoms with E-state index in [1.165, 1.54) is 0 Å². The highest BCUT2D eigenvalue weighted by Crippen LogP contribution is 2.22. The Morgan fingerprint density at radius 2 is 2.38 bits per heavy atom. The van der Waals surface area contributed by atoms with Crippen molar-refractivity contribution in [1.29, 1.82) is 0 Å². The number of H-pyrrole nitrogens is 1. The molecule has 0 fully saturated rings. The molecule has 2 N–H and O–H groups in total. The van der Waals surface area contributed by atoms with Crippen molar-refractivity contribution in [2.24, 2.45) is 0 Å². The molecule has 16 heavy (non-hydrogen) atoms. The van der Waals surface area contributed by atoms with Gasteiger partial charge >= 0.3 is 5.97 Å². The van der Waals surface area contributed by atoms with Gasteiger partial charge in [0.2, 0.25) is 0 Å². The number of aromatic nitrogens is 2. The molecule has 1 aromatic heterocycles. The molecule has 4 nitrogen and oxygen atoms in total. The third-order valence-corrected chi connectivity index (χ3v) is 2.86. The second kappa shape index (κ2) is 4.49. The Bertz CT molecular complexity index is 560. The lowest BCUT2D eigenvalue weighted by atomic mass is 10.1. The fourth-order valence-electron chi connectivity index (χ4n) is 1.53. The van der Waals surface area contributed by atoms with E-state index in [-0.39, 0.29) is 0 Å². The zero-order valence-electron chi connectivity index (χ0n) is 8.27. The van der Waals surface area contributed by atoms with E-state index in [1.54, 1.807) is 12.4 Å². The number of carbonyl (C=O) groups is 1. The summed E-state index contributed by atoms with van der Waals surface area (Å²) in [5.74, 6) is -0.965. The molecular weight excluding hydrogens is 272 g/mol. The van der Waals surface area contributed by atoms with Gasteiger partial charge in [0.1, 0.15) is 0 Å². The molecule has 0 unspecified atom stereocenters. The summed E-state index contributed by atoms with van der Waals surface area (Å²) in [6, 6.07) is 3.87. The SMILES string of the molecule is O=C(O)/C=C/c1c(CBr)ccc2[nH]cnc12. The zero-order chi connectivity index (χ0) is 11.5. The van der Waals surface area contributed by atoms with Crippen LogP contribution in [0.2, 0.25) is 0 Å². The molecule has 2 aromatic rings. The van der Waals surface area contributed by atoms with Crippen molar-refractivity contribution < 1.29 is 9.90 Å². The van der Waals surface area contributed by atoms with Crippen molar-refractivity contribution in [3.05, 3.63) is 35.7 Å². The first-order chi connectivity index (χ1) is 7.72. The number of alkyl halides is 1. The van der Waals surface area contributed by atoms with Gasteiger partial charge in [0.25, 0.3) is 0 Å². The van der Waals surface area contributed by atoms with E-state index in [4.69, 9.17) is 5.11 Å². The van der Waals surface area contributed by atoms with Crippen molar-refractivity contribution in [2.45, 2.75) is 5.33 Å². The number of nitrogens with one attached hydrogen (secondary N) is 1. The molecule has 1 aromatic carbocycles. The van der Waals surface area contributed by atoms with Gasteiger partial charge in [-0.1, -0.05) is 22.0 Å². The van der Waals surface area contributed by atoms with Gasteiger partial charge in [0, 0.05) is 17.0 Å².